The monoisotopic (exact) mass is 281 g/mol. The molecule has 0 amide bonds. The maximum Gasteiger partial charge on any atom is 0.0587 e. The molecule has 0 fully saturated rings. The van der Waals surface area contributed by atoms with Gasteiger partial charge in [-0.25, -0.2) is 0 Å². The summed E-state index contributed by atoms with van der Waals surface area (Å²) in [6.45, 7) is 7.12. The average molecular weight is 281 g/mol. The Morgan fingerprint density at radius 1 is 1.26 bits per heavy atom. The smallest absolute Gasteiger partial charge is 0.0587 e. The van der Waals surface area contributed by atoms with Crippen LogP contribution in [0.15, 0.2) is 24.3 Å². The maximum absolute atomic E-state index is 5.08. The van der Waals surface area contributed by atoms with Crippen molar-refractivity contribution in [3.8, 4) is 0 Å². The van der Waals surface area contributed by atoms with Gasteiger partial charge in [-0.1, -0.05) is 36.8 Å². The molecule has 0 aliphatic heterocycles. The van der Waals surface area contributed by atoms with Gasteiger partial charge >= 0.3 is 0 Å². The lowest BCUT2D eigenvalue weighted by Gasteiger charge is -2.18. The molecule has 0 aliphatic rings. The summed E-state index contributed by atoms with van der Waals surface area (Å²) < 4.78 is 5.08. The summed E-state index contributed by atoms with van der Waals surface area (Å²) in [6, 6.07) is 8.97. The number of aryl methyl sites for hydroxylation is 1. The topological polar surface area (TPSA) is 21.3 Å². The zero-order valence-electron chi connectivity index (χ0n) is 12.4. The van der Waals surface area contributed by atoms with E-state index in [1.165, 1.54) is 29.1 Å². The fourth-order valence-electron chi connectivity index (χ4n) is 2.05. The molecule has 1 N–H and O–H groups in total. The van der Waals surface area contributed by atoms with Crippen LogP contribution in [0.3, 0.4) is 0 Å². The molecule has 1 rings (SSSR count). The van der Waals surface area contributed by atoms with Crippen LogP contribution in [-0.4, -0.2) is 38.3 Å². The second-order valence-electron chi connectivity index (χ2n) is 4.79. The Morgan fingerprint density at radius 2 is 2.00 bits per heavy atom. The highest BCUT2D eigenvalue weighted by atomic mass is 32.2. The molecule has 0 spiro atoms. The molecule has 0 heterocycles. The number of hydrogen-bond donors (Lipinski definition) is 1. The van der Waals surface area contributed by atoms with E-state index in [1.54, 1.807) is 7.11 Å². The predicted octanol–water partition coefficient (Wildman–Crippen LogP) is 3.46. The van der Waals surface area contributed by atoms with Crippen molar-refractivity contribution in [2.75, 3.05) is 38.3 Å². The quantitative estimate of drug-likeness (QED) is 0.664. The molecule has 0 radical (unpaired) electrons. The van der Waals surface area contributed by atoms with E-state index >= 15 is 0 Å². The second-order valence-corrected chi connectivity index (χ2v) is 6.18. The van der Waals surface area contributed by atoms with Gasteiger partial charge in [-0.05, 0) is 36.3 Å². The van der Waals surface area contributed by atoms with E-state index in [0.29, 0.717) is 5.92 Å². The lowest BCUT2D eigenvalue weighted by molar-refractivity contribution is 0.199. The van der Waals surface area contributed by atoms with Gasteiger partial charge in [0.1, 0.15) is 0 Å². The van der Waals surface area contributed by atoms with E-state index in [4.69, 9.17) is 4.74 Å². The number of rotatable bonds is 10. The standard InChI is InChI=1S/C16H27NOS/c1-4-19-12-9-16(13-17-10-11-18-3)15-7-5-14(2)6-8-15/h5-8,16-17H,4,9-13H2,1-3H3. The van der Waals surface area contributed by atoms with Crippen molar-refractivity contribution >= 4 is 11.8 Å². The van der Waals surface area contributed by atoms with Crippen LogP contribution in [0, 0.1) is 6.92 Å². The molecule has 1 aromatic rings. The zero-order chi connectivity index (χ0) is 13.9. The van der Waals surface area contributed by atoms with Crippen molar-refractivity contribution in [2.24, 2.45) is 0 Å². The minimum Gasteiger partial charge on any atom is -0.383 e. The third-order valence-corrected chi connectivity index (χ3v) is 4.17. The van der Waals surface area contributed by atoms with Gasteiger partial charge < -0.3 is 10.1 Å². The van der Waals surface area contributed by atoms with Crippen LogP contribution < -0.4 is 5.32 Å². The van der Waals surface area contributed by atoms with E-state index < -0.39 is 0 Å². The van der Waals surface area contributed by atoms with Gasteiger partial charge in [0.05, 0.1) is 6.61 Å². The largest absolute Gasteiger partial charge is 0.383 e. The first-order chi connectivity index (χ1) is 9.27. The Morgan fingerprint density at radius 3 is 2.63 bits per heavy atom. The van der Waals surface area contributed by atoms with Crippen LogP contribution in [0.25, 0.3) is 0 Å². The lowest BCUT2D eigenvalue weighted by atomic mass is 9.95. The van der Waals surface area contributed by atoms with Crippen molar-refractivity contribution in [1.29, 1.82) is 0 Å². The molecular weight excluding hydrogens is 254 g/mol. The number of nitrogens with one attached hydrogen (secondary N) is 1. The number of benzene rings is 1. The van der Waals surface area contributed by atoms with E-state index in [1.807, 2.05) is 11.8 Å². The molecule has 108 valence electrons. The van der Waals surface area contributed by atoms with Crippen LogP contribution >= 0.6 is 11.8 Å². The highest BCUT2D eigenvalue weighted by Crippen LogP contribution is 2.21. The minimum absolute atomic E-state index is 0.608. The zero-order valence-corrected chi connectivity index (χ0v) is 13.3. The number of thioether (sulfide) groups is 1. The molecule has 0 saturated heterocycles. The highest BCUT2D eigenvalue weighted by molar-refractivity contribution is 7.99. The van der Waals surface area contributed by atoms with Crippen molar-refractivity contribution in [3.63, 3.8) is 0 Å². The summed E-state index contributed by atoms with van der Waals surface area (Å²) in [5.41, 5.74) is 2.78. The van der Waals surface area contributed by atoms with E-state index in [-0.39, 0.29) is 0 Å². The fourth-order valence-corrected chi connectivity index (χ4v) is 2.79. The summed E-state index contributed by atoms with van der Waals surface area (Å²) in [4.78, 5) is 0. The Kier molecular flexibility index (Phi) is 8.97. The molecule has 1 atom stereocenters. The third-order valence-electron chi connectivity index (χ3n) is 3.24. The summed E-state index contributed by atoms with van der Waals surface area (Å²) >= 11 is 2.03. The molecule has 0 aliphatic carbocycles. The average Bonchev–Trinajstić information content (AvgIpc) is 2.43. The molecule has 2 nitrogen and oxygen atoms in total. The summed E-state index contributed by atoms with van der Waals surface area (Å²) in [5, 5.41) is 3.49. The summed E-state index contributed by atoms with van der Waals surface area (Å²) in [7, 11) is 1.75. The van der Waals surface area contributed by atoms with Crippen LogP contribution in [0.2, 0.25) is 0 Å². The molecule has 1 aromatic carbocycles. The number of hydrogen-bond acceptors (Lipinski definition) is 3. The first kappa shape index (κ1) is 16.5. The summed E-state index contributed by atoms with van der Waals surface area (Å²) in [5.74, 6) is 3.05. The van der Waals surface area contributed by atoms with Crippen LogP contribution in [0.5, 0.6) is 0 Å². The van der Waals surface area contributed by atoms with Crippen LogP contribution in [0.4, 0.5) is 0 Å². The van der Waals surface area contributed by atoms with Crippen LogP contribution in [0.1, 0.15) is 30.4 Å². The molecular formula is C16H27NOS. The van der Waals surface area contributed by atoms with Gasteiger partial charge in [0, 0.05) is 20.2 Å². The molecule has 0 aromatic heterocycles. The first-order valence-corrected chi connectivity index (χ1v) is 8.27. The predicted molar refractivity (Wildman–Crippen MR) is 86.3 cm³/mol. The maximum atomic E-state index is 5.08. The van der Waals surface area contributed by atoms with Crippen molar-refractivity contribution < 1.29 is 4.74 Å². The van der Waals surface area contributed by atoms with E-state index in [0.717, 1.165) is 19.7 Å². The van der Waals surface area contributed by atoms with Gasteiger partial charge in [-0.2, -0.15) is 11.8 Å². The van der Waals surface area contributed by atoms with Gasteiger partial charge in [-0.15, -0.1) is 0 Å². The summed E-state index contributed by atoms with van der Waals surface area (Å²) in [6.07, 6.45) is 1.24. The van der Waals surface area contributed by atoms with Crippen molar-refractivity contribution in [2.45, 2.75) is 26.2 Å². The van der Waals surface area contributed by atoms with E-state index in [2.05, 4.69) is 43.4 Å². The minimum atomic E-state index is 0.608. The van der Waals surface area contributed by atoms with E-state index in [9.17, 15) is 0 Å². The number of ether oxygens (including phenoxy) is 1. The van der Waals surface area contributed by atoms with Crippen molar-refractivity contribution in [3.05, 3.63) is 35.4 Å². The number of methoxy groups -OCH3 is 1. The molecule has 19 heavy (non-hydrogen) atoms. The van der Waals surface area contributed by atoms with Gasteiger partial charge in [0.2, 0.25) is 0 Å². The Balaban J connectivity index is 2.49. The fraction of sp³-hybridized carbons (Fsp3) is 0.625. The van der Waals surface area contributed by atoms with Gasteiger partial charge in [0.25, 0.3) is 0 Å². The normalized spacial score (nSPS) is 12.6. The van der Waals surface area contributed by atoms with Crippen molar-refractivity contribution in [1.82, 2.24) is 5.32 Å². The Labute approximate surface area is 122 Å². The SMILES string of the molecule is CCSCCC(CNCCOC)c1ccc(C)cc1. The molecule has 1 unspecified atom stereocenters. The Hall–Kier alpha value is -0.510. The van der Waals surface area contributed by atoms with Gasteiger partial charge in [0.15, 0.2) is 0 Å². The lowest BCUT2D eigenvalue weighted by Crippen LogP contribution is -2.25. The molecule has 0 saturated carbocycles. The molecule has 3 heteroatoms. The molecule has 0 bridgehead atoms. The first-order valence-electron chi connectivity index (χ1n) is 7.12. The highest BCUT2D eigenvalue weighted by Gasteiger charge is 2.10. The van der Waals surface area contributed by atoms with Crippen LogP contribution in [-0.2, 0) is 4.74 Å². The van der Waals surface area contributed by atoms with Gasteiger partial charge in [-0.3, -0.25) is 0 Å². The Bertz CT molecular complexity index is 326. The second kappa shape index (κ2) is 10.3. The third kappa shape index (κ3) is 7.00.